The van der Waals surface area contributed by atoms with Crippen LogP contribution in [-0.2, 0) is 26.1 Å². The molecule has 1 fully saturated rings. The van der Waals surface area contributed by atoms with Crippen LogP contribution in [0.5, 0.6) is 5.75 Å². The Bertz CT molecular complexity index is 1380. The van der Waals surface area contributed by atoms with Crippen molar-refractivity contribution >= 4 is 48.2 Å². The Morgan fingerprint density at radius 1 is 1.02 bits per heavy atom. The van der Waals surface area contributed by atoms with E-state index in [0.29, 0.717) is 24.6 Å². The number of hydrogen-bond acceptors (Lipinski definition) is 7. The highest BCUT2D eigenvalue weighted by atomic mass is 35.5. The van der Waals surface area contributed by atoms with Crippen molar-refractivity contribution in [2.24, 2.45) is 5.92 Å². The molecular formula is C31H38Cl3N5O2. The predicted octanol–water partition coefficient (Wildman–Crippen LogP) is 6.85. The molecule has 0 bridgehead atoms. The van der Waals surface area contributed by atoms with E-state index in [1.165, 1.54) is 12.8 Å². The summed E-state index contributed by atoms with van der Waals surface area (Å²) in [5.74, 6) is 1.51. The number of halogens is 3. The van der Waals surface area contributed by atoms with Gasteiger partial charge in [0.1, 0.15) is 12.4 Å². The first-order chi connectivity index (χ1) is 18.6. The molecule has 2 aromatic carbocycles. The maximum Gasteiger partial charge on any atom is 0.175 e. The van der Waals surface area contributed by atoms with Gasteiger partial charge in [-0.15, -0.1) is 37.2 Å². The minimum Gasteiger partial charge on any atom is -0.488 e. The lowest BCUT2D eigenvalue weighted by molar-refractivity contribution is 0.170. The number of nitriles is 1. The molecule has 41 heavy (non-hydrogen) atoms. The van der Waals surface area contributed by atoms with Crippen LogP contribution in [-0.4, -0.2) is 47.1 Å². The van der Waals surface area contributed by atoms with E-state index < -0.39 is 0 Å². The molecule has 1 aliphatic heterocycles. The normalized spacial score (nSPS) is 13.6. The van der Waals surface area contributed by atoms with Gasteiger partial charge in [-0.3, -0.25) is 9.88 Å². The molecule has 1 saturated heterocycles. The number of aryl methyl sites for hydroxylation is 1. The second-order valence-electron chi connectivity index (χ2n) is 10.5. The molecule has 5 rings (SSSR count). The topological polar surface area (TPSA) is 78.4 Å². The molecular weight excluding hydrogens is 581 g/mol. The molecule has 220 valence electrons. The SMILES string of the molecule is CN(C)Cc1c(OCc2ccc(C#N)cc2)ccc2c(CCC3CCN(Cc4ccccn4)CC3)noc12.Cl.Cl.Cl. The van der Waals surface area contributed by atoms with Crippen LogP contribution in [0.25, 0.3) is 11.0 Å². The van der Waals surface area contributed by atoms with E-state index in [1.54, 1.807) is 0 Å². The van der Waals surface area contributed by atoms with Gasteiger partial charge in [-0.1, -0.05) is 23.4 Å². The van der Waals surface area contributed by atoms with E-state index in [2.05, 4.69) is 44.2 Å². The average molecular weight is 619 g/mol. The van der Waals surface area contributed by atoms with Gasteiger partial charge in [0.05, 0.1) is 28.6 Å². The Labute approximate surface area is 261 Å². The standard InChI is InChI=1S/C31H35N5O2.3ClH/c1-35(2)21-28-30(37-22-25-8-6-24(19-32)7-9-25)13-11-27-29(34-38-31(27)28)12-10-23-14-17-36(18-15-23)20-26-5-3-4-16-33-26;;;/h3-9,11,13,16,23H,10,12,14-15,17-18,20-22H2,1-2H3;3*1H. The molecule has 1 aliphatic rings. The van der Waals surface area contributed by atoms with E-state index in [0.717, 1.165) is 71.7 Å². The van der Waals surface area contributed by atoms with E-state index in [1.807, 2.05) is 56.7 Å². The molecule has 0 saturated carbocycles. The Kier molecular flexibility index (Phi) is 13.9. The summed E-state index contributed by atoms with van der Waals surface area (Å²) in [6.45, 7) is 4.30. The monoisotopic (exact) mass is 617 g/mol. The fourth-order valence-corrected chi connectivity index (χ4v) is 5.20. The Morgan fingerprint density at radius 2 is 1.78 bits per heavy atom. The van der Waals surface area contributed by atoms with Crippen molar-refractivity contribution in [3.63, 3.8) is 0 Å². The van der Waals surface area contributed by atoms with Crippen LogP contribution in [0.4, 0.5) is 0 Å². The number of ether oxygens (including phenoxy) is 1. The first kappa shape index (κ1) is 34.3. The van der Waals surface area contributed by atoms with Crippen LogP contribution < -0.4 is 4.74 Å². The summed E-state index contributed by atoms with van der Waals surface area (Å²) in [5, 5.41) is 14.6. The highest BCUT2D eigenvalue weighted by Gasteiger charge is 2.22. The second-order valence-corrected chi connectivity index (χ2v) is 10.5. The molecule has 0 aliphatic carbocycles. The molecule has 3 heterocycles. The molecule has 0 spiro atoms. The smallest absolute Gasteiger partial charge is 0.175 e. The zero-order valence-electron chi connectivity index (χ0n) is 23.5. The van der Waals surface area contributed by atoms with E-state index in [4.69, 9.17) is 14.5 Å². The first-order valence-corrected chi connectivity index (χ1v) is 13.4. The van der Waals surface area contributed by atoms with Crippen LogP contribution >= 0.6 is 37.2 Å². The highest BCUT2D eigenvalue weighted by Crippen LogP contribution is 2.33. The van der Waals surface area contributed by atoms with Gasteiger partial charge >= 0.3 is 0 Å². The van der Waals surface area contributed by atoms with Gasteiger partial charge in [-0.25, -0.2) is 0 Å². The first-order valence-electron chi connectivity index (χ1n) is 13.4. The van der Waals surface area contributed by atoms with E-state index >= 15 is 0 Å². The third-order valence-corrected chi connectivity index (χ3v) is 7.34. The number of aromatic nitrogens is 2. The van der Waals surface area contributed by atoms with Crippen LogP contribution in [0.3, 0.4) is 0 Å². The van der Waals surface area contributed by atoms with Crippen LogP contribution in [0.15, 0.2) is 65.3 Å². The maximum absolute atomic E-state index is 9.03. The average Bonchev–Trinajstić information content (AvgIpc) is 3.36. The predicted molar refractivity (Wildman–Crippen MR) is 169 cm³/mol. The van der Waals surface area contributed by atoms with Crippen molar-refractivity contribution in [1.82, 2.24) is 19.9 Å². The van der Waals surface area contributed by atoms with E-state index in [9.17, 15) is 0 Å². The molecule has 7 nitrogen and oxygen atoms in total. The molecule has 0 atom stereocenters. The lowest BCUT2D eigenvalue weighted by atomic mass is 9.91. The molecule has 0 unspecified atom stereocenters. The van der Waals surface area contributed by atoms with Crippen molar-refractivity contribution in [3.8, 4) is 11.8 Å². The highest BCUT2D eigenvalue weighted by molar-refractivity contribution is 5.86. The zero-order valence-corrected chi connectivity index (χ0v) is 25.9. The Morgan fingerprint density at radius 3 is 2.44 bits per heavy atom. The van der Waals surface area contributed by atoms with Gasteiger partial charge in [0.15, 0.2) is 5.58 Å². The van der Waals surface area contributed by atoms with Gasteiger partial charge in [0, 0.05) is 24.7 Å². The summed E-state index contributed by atoms with van der Waals surface area (Å²) in [6, 6.07) is 19.9. The van der Waals surface area contributed by atoms with Gasteiger partial charge in [0.2, 0.25) is 0 Å². The van der Waals surface area contributed by atoms with E-state index in [-0.39, 0.29) is 37.2 Å². The molecule has 2 aromatic heterocycles. The number of hydrogen-bond donors (Lipinski definition) is 0. The molecule has 4 aromatic rings. The van der Waals surface area contributed by atoms with Crippen LogP contribution in [0.2, 0.25) is 0 Å². The summed E-state index contributed by atoms with van der Waals surface area (Å²) >= 11 is 0. The summed E-state index contributed by atoms with van der Waals surface area (Å²) in [7, 11) is 4.08. The third kappa shape index (κ3) is 9.06. The molecule has 0 amide bonds. The van der Waals surface area contributed by atoms with Crippen LogP contribution in [0.1, 0.15) is 47.3 Å². The second kappa shape index (κ2) is 16.5. The Hall–Kier alpha value is -2.86. The van der Waals surface area contributed by atoms with Crippen molar-refractivity contribution < 1.29 is 9.26 Å². The minimum absolute atomic E-state index is 0. The molecule has 0 radical (unpaired) electrons. The molecule has 0 N–H and O–H groups in total. The minimum atomic E-state index is 0. The number of piperidine rings is 1. The quantitative estimate of drug-likeness (QED) is 0.192. The number of fused-ring (bicyclic) bond motifs is 1. The number of rotatable bonds is 10. The summed E-state index contributed by atoms with van der Waals surface area (Å²) in [6.07, 6.45) is 6.34. The fourth-order valence-electron chi connectivity index (χ4n) is 5.20. The van der Waals surface area contributed by atoms with Crippen molar-refractivity contribution in [2.45, 2.75) is 45.4 Å². The number of likely N-dealkylation sites (tertiary alicyclic amines) is 1. The number of nitrogens with zero attached hydrogens (tertiary/aromatic N) is 5. The zero-order chi connectivity index (χ0) is 26.3. The fraction of sp³-hybridized carbons (Fsp3) is 0.387. The number of pyridine rings is 1. The third-order valence-electron chi connectivity index (χ3n) is 7.34. The van der Waals surface area contributed by atoms with Gasteiger partial charge in [-0.05, 0) is 101 Å². The molecule has 10 heteroatoms. The maximum atomic E-state index is 9.03. The van der Waals surface area contributed by atoms with Crippen molar-refractivity contribution in [1.29, 1.82) is 5.26 Å². The lowest BCUT2D eigenvalue weighted by Crippen LogP contribution is -2.33. The van der Waals surface area contributed by atoms with Crippen molar-refractivity contribution in [3.05, 3.63) is 88.9 Å². The Balaban J connectivity index is 0.00000196. The number of benzene rings is 2. The summed E-state index contributed by atoms with van der Waals surface area (Å²) in [4.78, 5) is 9.10. The van der Waals surface area contributed by atoms with Gasteiger partial charge in [-0.2, -0.15) is 5.26 Å². The van der Waals surface area contributed by atoms with Crippen LogP contribution in [0, 0.1) is 17.2 Å². The summed E-state index contributed by atoms with van der Waals surface area (Å²) in [5.41, 5.74) is 5.68. The van der Waals surface area contributed by atoms with Crippen molar-refractivity contribution in [2.75, 3.05) is 27.2 Å². The summed E-state index contributed by atoms with van der Waals surface area (Å²) < 4.78 is 12.1. The van der Waals surface area contributed by atoms with Gasteiger partial charge < -0.3 is 14.2 Å². The van der Waals surface area contributed by atoms with Gasteiger partial charge in [0.25, 0.3) is 0 Å². The largest absolute Gasteiger partial charge is 0.488 e. The lowest BCUT2D eigenvalue weighted by Gasteiger charge is -2.31.